The number of imidazole rings is 1. The van der Waals surface area contributed by atoms with E-state index in [-0.39, 0.29) is 23.4 Å². The van der Waals surface area contributed by atoms with E-state index >= 15 is 0 Å². The predicted molar refractivity (Wildman–Crippen MR) is 542 cm³/mol. The average molecular weight is 1870 g/mol. The molecule has 12 heterocycles. The maximum Gasteiger partial charge on any atom is 0.286 e. The molecular weight excluding hydrogens is 1710 g/mol. The first-order valence-corrected chi connectivity index (χ1v) is 49.3. The molecule has 3 amide bonds. The van der Waals surface area contributed by atoms with Crippen molar-refractivity contribution in [2.24, 2.45) is 39.0 Å². The highest BCUT2D eigenvalue weighted by Gasteiger charge is 2.45. The molecule has 1 atom stereocenters. The number of carbonyl (C=O) groups is 3. The molecule has 11 aromatic heterocycles. The molecule has 11 aromatic rings. The number of nitrogens with one attached hydrogen (secondary N) is 8. The minimum Gasteiger partial charge on any atom is -0.435 e. The fourth-order valence-electron chi connectivity index (χ4n) is 12.4. The summed E-state index contributed by atoms with van der Waals surface area (Å²) in [5.74, 6) is 8.71. The summed E-state index contributed by atoms with van der Waals surface area (Å²) < 4.78 is 12.3. The smallest absolute Gasteiger partial charge is 0.286 e. The van der Waals surface area contributed by atoms with Crippen LogP contribution in [0.4, 0.5) is 0 Å². The molecule has 0 aromatic carbocycles. The number of aromatic nitrogens is 19. The van der Waals surface area contributed by atoms with Gasteiger partial charge in [-0.3, -0.25) is 64.9 Å². The summed E-state index contributed by atoms with van der Waals surface area (Å²) in [6, 6.07) is 16.6. The van der Waals surface area contributed by atoms with E-state index < -0.39 is 23.3 Å². The zero-order valence-electron chi connectivity index (χ0n) is 86.9. The van der Waals surface area contributed by atoms with Gasteiger partial charge in [-0.05, 0) is 173 Å². The molecule has 4 saturated carbocycles. The van der Waals surface area contributed by atoms with Gasteiger partial charge in [0.15, 0.2) is 5.89 Å². The summed E-state index contributed by atoms with van der Waals surface area (Å²) in [4.78, 5) is 63.8. The Hall–Kier alpha value is -10.8. The van der Waals surface area contributed by atoms with Gasteiger partial charge in [0.1, 0.15) is 28.1 Å². The summed E-state index contributed by atoms with van der Waals surface area (Å²) in [5.41, 5.74) is 32.3. The first-order valence-electron chi connectivity index (χ1n) is 48.5. The summed E-state index contributed by atoms with van der Waals surface area (Å²) >= 11 is 1.36. The normalized spacial score (nSPS) is 14.9. The molecule has 15 N–H and O–H groups in total. The fraction of sp³-hybridized carbons (Fsp3) is 0.627. The number of nitrogens with two attached hydrogens (primary N) is 3. The molecular formula is C102H166N24O7S. The molecule has 1 unspecified atom stereocenters. The van der Waals surface area contributed by atoms with Gasteiger partial charge in [0.2, 0.25) is 5.76 Å². The molecule has 0 spiro atoms. The van der Waals surface area contributed by atoms with Crippen LogP contribution in [0.5, 0.6) is 0 Å². The Morgan fingerprint density at radius 1 is 0.455 bits per heavy atom. The summed E-state index contributed by atoms with van der Waals surface area (Å²) in [6.45, 7) is 69.9. The summed E-state index contributed by atoms with van der Waals surface area (Å²) in [7, 11) is 0. The number of hydrogen-bond donors (Lipinski definition) is 12. The van der Waals surface area contributed by atoms with Gasteiger partial charge < -0.3 is 40.9 Å². The lowest BCUT2D eigenvalue weighted by Gasteiger charge is -2.07. The monoisotopic (exact) mass is 1870 g/mol. The van der Waals surface area contributed by atoms with Gasteiger partial charge in [-0.25, -0.2) is 15.0 Å². The predicted octanol–water partition coefficient (Wildman–Crippen LogP) is 23.7. The fourth-order valence-corrected chi connectivity index (χ4v) is 13.2. The van der Waals surface area contributed by atoms with Crippen molar-refractivity contribution < 1.29 is 28.4 Å². The Labute approximate surface area is 801 Å². The first kappa shape index (κ1) is 114. The molecule has 31 nitrogen and oxygen atoms in total. The number of amides is 3. The van der Waals surface area contributed by atoms with E-state index in [1.807, 2.05) is 80.1 Å². The lowest BCUT2D eigenvalue weighted by atomic mass is 10.0. The van der Waals surface area contributed by atoms with E-state index in [0.717, 1.165) is 75.3 Å². The van der Waals surface area contributed by atoms with Crippen LogP contribution < -0.4 is 22.8 Å². The Morgan fingerprint density at radius 2 is 0.933 bits per heavy atom. The number of nitrogens with zero attached hydrogens (tertiary/aromatic N) is 13. The van der Waals surface area contributed by atoms with Crippen LogP contribution >= 0.6 is 11.3 Å². The number of primary amides is 3. The highest BCUT2D eigenvalue weighted by molar-refractivity contribution is 7.13. The van der Waals surface area contributed by atoms with Crippen molar-refractivity contribution in [1.82, 2.24) is 96.1 Å². The number of hydrogen-bond acceptors (Lipinski definition) is 20. The number of thiazole rings is 1. The van der Waals surface area contributed by atoms with Crippen LogP contribution in [0.3, 0.4) is 0 Å². The number of H-pyrrole nitrogens is 8. The molecule has 4 aliphatic carbocycles. The van der Waals surface area contributed by atoms with E-state index in [1.165, 1.54) is 121 Å². The van der Waals surface area contributed by atoms with E-state index in [0.29, 0.717) is 111 Å². The minimum absolute atomic E-state index is 0.0568. The molecule has 1 aliphatic heterocycles. The van der Waals surface area contributed by atoms with Crippen molar-refractivity contribution in [2.45, 2.75) is 405 Å². The Morgan fingerprint density at radius 3 is 1.23 bits per heavy atom. The van der Waals surface area contributed by atoms with Crippen molar-refractivity contribution in [3.8, 4) is 0 Å². The molecule has 0 saturated heterocycles. The third kappa shape index (κ3) is 38.5. The minimum atomic E-state index is -0.594. The molecule has 0 radical (unpaired) electrons. The second kappa shape index (κ2) is 54.1. The van der Waals surface area contributed by atoms with Crippen LogP contribution in [0, 0.1) is 11.8 Å². The lowest BCUT2D eigenvalue weighted by molar-refractivity contribution is 0.0968. The number of carbonyl (C=O) groups excluding carboxylic acids is 3. The Balaban J connectivity index is 0.000000259. The number of aliphatic hydroxyl groups is 1. The zero-order valence-corrected chi connectivity index (χ0v) is 87.7. The van der Waals surface area contributed by atoms with Gasteiger partial charge in [-0.1, -0.05) is 233 Å². The quantitative estimate of drug-likeness (QED) is 0.0283. The van der Waals surface area contributed by atoms with E-state index in [4.69, 9.17) is 26.1 Å². The van der Waals surface area contributed by atoms with E-state index in [9.17, 15) is 24.3 Å². The second-order valence-electron chi connectivity index (χ2n) is 40.8. The molecule has 16 rings (SSSR count). The van der Waals surface area contributed by atoms with Gasteiger partial charge in [0.05, 0.1) is 69.3 Å². The second-order valence-corrected chi connectivity index (χ2v) is 41.9. The Kier molecular flexibility index (Phi) is 45.9. The van der Waals surface area contributed by atoms with E-state index in [2.05, 4.69) is 310 Å². The number of rotatable bonds is 23. The highest BCUT2D eigenvalue weighted by atomic mass is 32.1. The van der Waals surface area contributed by atoms with Crippen LogP contribution in [0.15, 0.2) is 97.2 Å². The van der Waals surface area contributed by atoms with Crippen molar-refractivity contribution in [3.63, 3.8) is 0 Å². The molecule has 4 fully saturated rings. The molecule has 134 heavy (non-hydrogen) atoms. The van der Waals surface area contributed by atoms with Gasteiger partial charge in [0, 0.05) is 105 Å². The van der Waals surface area contributed by atoms with Crippen LogP contribution in [-0.4, -0.2) is 137 Å². The third-order valence-corrected chi connectivity index (χ3v) is 24.2. The summed E-state index contributed by atoms with van der Waals surface area (Å²) in [6.07, 6.45) is 21.5. The van der Waals surface area contributed by atoms with Crippen LogP contribution in [0.1, 0.15) is 515 Å². The number of aromatic amines is 8. The van der Waals surface area contributed by atoms with Crippen molar-refractivity contribution in [3.05, 3.63) is 197 Å². The largest absolute Gasteiger partial charge is 0.435 e. The lowest BCUT2D eigenvalue weighted by Crippen LogP contribution is -2.11. The van der Waals surface area contributed by atoms with Gasteiger partial charge >= 0.3 is 0 Å². The van der Waals surface area contributed by atoms with Gasteiger partial charge in [0.25, 0.3) is 23.3 Å². The van der Waals surface area contributed by atoms with E-state index in [1.54, 1.807) is 12.1 Å². The SMILES string of the molecule is CC(C)C1=NC(C(C)C)N=C1.CC(C)c1cc(=O)[nH][nH]1.CC(C)c1cc(C(C)C)[nH]n1.CC(C)c1cc(C(C)C)on1.CC(C)c1cc(C(N)=O)n[nH]1.CC(C)c1cc(C2(C)CC2)n[nH]1.CC(C)c1cc(C2(O)CC2)n[nH]1.CC(C)c1cc(C2CC2)[nH]n1.CC(C)c1cc(C2CCCC2)[nH]n1.CC(C)c1cn(C(C)C)cn1.CC(C)c1ncc(C(N)=O)o1.CC(C)c1ncc(C(N)=O)s1. The highest BCUT2D eigenvalue weighted by Crippen LogP contribution is 2.47. The maximum absolute atomic E-state index is 10.6. The van der Waals surface area contributed by atoms with Gasteiger partial charge in [-0.15, -0.1) is 11.3 Å². The van der Waals surface area contributed by atoms with Crippen LogP contribution in [0.2, 0.25) is 0 Å². The number of oxazole rings is 1. The third-order valence-electron chi connectivity index (χ3n) is 22.9. The molecule has 5 aliphatic rings. The standard InChI is InChI=1S/C11H18N2.C10H16N2.C9H14N2O.C9H14N2.3C9H16N2.C9H15NO.C7H11N3O.C7H10N2O2.C7H10N2OS.C6H10N2O/c1-8(2)10-7-11(13-12-10)9-5-3-4-6-9;1-7(2)8-6-9(12-11-8)10(3)4-5-10;1-6(2)7-5-8(11-10-7)9(12)3-4-9;1-6(2)8-5-9(11-10-8)7-3-4-7;1-7(2)9-5-11(6-10-9)8(3)4;1-6(2)8-5-10-9(11-8)7(3)4;2*1-6(2)8-5-9(7(3)4)11-10-8;1-4(2)5-3-6(7(8)11)10-9-5;2*1-4(2)7-9-3-5(11-7)6(8)10;1-4(2)5-3-6(9)8-7-5/h7-9H,3-6H2,1-2H3,(H,12,13);6-7H,4-5H2,1-3H3,(H,11,12);5-6,12H,3-4H2,1-2H3,(H,10,11);5-7H,3-4H2,1-2H3,(H,10,11);5-8H,1-4H3;5-7,9H,1-4H3;5-7H,1-4H3,(H,10,11);5-7H,1-4H3;3-4H,1-2H3,(H2,8,11)(H,9,10);2*3-4H,1-2H3,(H2,8,10);3-4H,1-2H3,(H2,7,8,9). The maximum atomic E-state index is 10.6. The zero-order chi connectivity index (χ0) is 101. The molecule has 32 heteroatoms. The summed E-state index contributed by atoms with van der Waals surface area (Å²) in [5, 5.41) is 62.9. The van der Waals surface area contributed by atoms with Gasteiger partial charge in [-0.2, -0.15) is 30.6 Å². The molecule has 742 valence electrons. The van der Waals surface area contributed by atoms with Crippen molar-refractivity contribution >= 4 is 41.0 Å². The Bertz CT molecular complexity index is 4840. The van der Waals surface area contributed by atoms with Crippen molar-refractivity contribution in [2.75, 3.05) is 0 Å². The number of aliphatic imine (C=N–C) groups is 2. The van der Waals surface area contributed by atoms with Crippen LogP contribution in [-0.2, 0) is 11.0 Å². The average Bonchev–Trinajstić information content (AvgIpc) is 1.63. The topological polar surface area (TPSA) is 478 Å². The molecule has 0 bridgehead atoms. The van der Waals surface area contributed by atoms with Crippen molar-refractivity contribution in [1.29, 1.82) is 0 Å². The first-order chi connectivity index (χ1) is 62.7. The van der Waals surface area contributed by atoms with Crippen LogP contribution in [0.25, 0.3) is 0 Å².